The second-order valence-corrected chi connectivity index (χ2v) is 4.47. The van der Waals surface area contributed by atoms with Gasteiger partial charge < -0.3 is 10.6 Å². The molecular weight excluding hydrogens is 208 g/mol. The van der Waals surface area contributed by atoms with Crippen LogP contribution in [-0.4, -0.2) is 13.1 Å². The predicted molar refractivity (Wildman–Crippen MR) is 66.4 cm³/mol. The Bertz CT molecular complexity index is 387. The predicted octanol–water partition coefficient (Wildman–Crippen LogP) is 2.77. The maximum atomic E-state index is 5.85. The summed E-state index contributed by atoms with van der Waals surface area (Å²) in [6.45, 7) is 5.50. The summed E-state index contributed by atoms with van der Waals surface area (Å²) in [7, 11) is 0. The van der Waals surface area contributed by atoms with E-state index in [1.54, 1.807) is 0 Å². The highest BCUT2D eigenvalue weighted by molar-refractivity contribution is 6.29. The van der Waals surface area contributed by atoms with E-state index in [-0.39, 0.29) is 0 Å². The lowest BCUT2D eigenvalue weighted by atomic mass is 10.0. The summed E-state index contributed by atoms with van der Waals surface area (Å²) >= 11 is 5.85. The van der Waals surface area contributed by atoms with Crippen LogP contribution in [0.3, 0.4) is 0 Å². The van der Waals surface area contributed by atoms with Crippen molar-refractivity contribution in [1.29, 1.82) is 0 Å². The molecule has 0 fully saturated rings. The Morgan fingerprint density at radius 1 is 1.53 bits per heavy atom. The highest BCUT2D eigenvalue weighted by atomic mass is 35.5. The van der Waals surface area contributed by atoms with Crippen molar-refractivity contribution >= 4 is 23.0 Å². The normalized spacial score (nSPS) is 14.9. The maximum absolute atomic E-state index is 5.85. The molecule has 15 heavy (non-hydrogen) atoms. The van der Waals surface area contributed by atoms with Gasteiger partial charge in [0.2, 0.25) is 0 Å². The van der Waals surface area contributed by atoms with Gasteiger partial charge in [0.25, 0.3) is 0 Å². The average molecular weight is 223 g/mol. The van der Waals surface area contributed by atoms with Crippen LogP contribution in [0, 0.1) is 0 Å². The number of benzene rings is 1. The molecule has 0 atom stereocenters. The van der Waals surface area contributed by atoms with Gasteiger partial charge in [0.15, 0.2) is 0 Å². The number of hydrogen-bond acceptors (Lipinski definition) is 2. The zero-order chi connectivity index (χ0) is 10.8. The molecule has 2 nitrogen and oxygen atoms in total. The van der Waals surface area contributed by atoms with E-state index in [0.29, 0.717) is 5.03 Å². The van der Waals surface area contributed by atoms with E-state index in [9.17, 15) is 0 Å². The van der Waals surface area contributed by atoms with Crippen molar-refractivity contribution in [2.24, 2.45) is 0 Å². The van der Waals surface area contributed by atoms with Gasteiger partial charge in [-0.2, -0.15) is 0 Å². The lowest BCUT2D eigenvalue weighted by Gasteiger charge is -2.31. The number of hydrogen-bond donors (Lipinski definition) is 1. The molecule has 1 aliphatic heterocycles. The topological polar surface area (TPSA) is 29.3 Å². The van der Waals surface area contributed by atoms with Crippen molar-refractivity contribution in [3.63, 3.8) is 0 Å². The minimum atomic E-state index is 0.680. The molecule has 0 aliphatic carbocycles. The standard InChI is InChI=1S/C12H15ClN2/c1-9(13)8-15-6-2-3-10-7-11(14)4-5-12(10)15/h4-5,7H,1-3,6,8,14H2. The molecule has 1 aliphatic rings. The summed E-state index contributed by atoms with van der Waals surface area (Å²) in [6.07, 6.45) is 2.26. The van der Waals surface area contributed by atoms with Crippen LogP contribution in [0.1, 0.15) is 12.0 Å². The van der Waals surface area contributed by atoms with Gasteiger partial charge in [-0.05, 0) is 36.6 Å². The van der Waals surface area contributed by atoms with E-state index >= 15 is 0 Å². The van der Waals surface area contributed by atoms with Crippen molar-refractivity contribution in [2.45, 2.75) is 12.8 Å². The molecule has 0 spiro atoms. The van der Waals surface area contributed by atoms with E-state index in [0.717, 1.165) is 31.6 Å². The third-order valence-corrected chi connectivity index (χ3v) is 2.80. The fraction of sp³-hybridized carbons (Fsp3) is 0.333. The number of rotatable bonds is 2. The van der Waals surface area contributed by atoms with Crippen LogP contribution in [0.4, 0.5) is 11.4 Å². The van der Waals surface area contributed by atoms with Gasteiger partial charge in [-0.15, -0.1) is 0 Å². The first-order valence-corrected chi connectivity index (χ1v) is 5.51. The van der Waals surface area contributed by atoms with E-state index in [4.69, 9.17) is 17.3 Å². The summed E-state index contributed by atoms with van der Waals surface area (Å²) in [5.41, 5.74) is 9.17. The molecule has 0 bridgehead atoms. The van der Waals surface area contributed by atoms with Crippen molar-refractivity contribution in [1.82, 2.24) is 0 Å². The zero-order valence-electron chi connectivity index (χ0n) is 8.67. The highest BCUT2D eigenvalue weighted by Crippen LogP contribution is 2.29. The second kappa shape index (κ2) is 4.15. The van der Waals surface area contributed by atoms with Crippen molar-refractivity contribution in [3.8, 4) is 0 Å². The molecule has 2 rings (SSSR count). The number of anilines is 2. The van der Waals surface area contributed by atoms with Gasteiger partial charge in [-0.3, -0.25) is 0 Å². The first-order chi connectivity index (χ1) is 7.16. The summed E-state index contributed by atoms with van der Waals surface area (Å²) in [5, 5.41) is 0.680. The van der Waals surface area contributed by atoms with Gasteiger partial charge in [0.05, 0.1) is 6.54 Å². The Hall–Kier alpha value is -1.15. The molecule has 0 saturated carbocycles. The van der Waals surface area contributed by atoms with Crippen molar-refractivity contribution < 1.29 is 0 Å². The minimum Gasteiger partial charge on any atom is -0.399 e. The Morgan fingerprint density at radius 3 is 3.07 bits per heavy atom. The lowest BCUT2D eigenvalue weighted by Crippen LogP contribution is -2.30. The van der Waals surface area contributed by atoms with Crippen molar-refractivity contribution in [2.75, 3.05) is 23.7 Å². The van der Waals surface area contributed by atoms with E-state index in [2.05, 4.69) is 23.6 Å². The molecule has 0 unspecified atom stereocenters. The summed E-state index contributed by atoms with van der Waals surface area (Å²) in [5.74, 6) is 0. The lowest BCUT2D eigenvalue weighted by molar-refractivity contribution is 0.720. The molecular formula is C12H15ClN2. The smallest absolute Gasteiger partial charge is 0.0530 e. The molecule has 0 radical (unpaired) electrons. The maximum Gasteiger partial charge on any atom is 0.0530 e. The fourth-order valence-corrected chi connectivity index (χ4v) is 2.21. The van der Waals surface area contributed by atoms with E-state index < -0.39 is 0 Å². The van der Waals surface area contributed by atoms with Crippen LogP contribution in [0.25, 0.3) is 0 Å². The Kier molecular flexibility index (Phi) is 2.87. The molecule has 1 aromatic carbocycles. The molecule has 0 saturated heterocycles. The van der Waals surface area contributed by atoms with Crippen LogP contribution >= 0.6 is 11.6 Å². The first kappa shape index (κ1) is 10.4. The zero-order valence-corrected chi connectivity index (χ0v) is 9.43. The van der Waals surface area contributed by atoms with Crippen LogP contribution in [0.2, 0.25) is 0 Å². The van der Waals surface area contributed by atoms with Crippen LogP contribution < -0.4 is 10.6 Å². The number of nitrogens with zero attached hydrogens (tertiary/aromatic N) is 1. The molecule has 2 N–H and O–H groups in total. The van der Waals surface area contributed by atoms with Gasteiger partial charge in [-0.25, -0.2) is 0 Å². The number of nitrogen functional groups attached to an aromatic ring is 1. The minimum absolute atomic E-state index is 0.680. The number of aryl methyl sites for hydroxylation is 1. The molecule has 80 valence electrons. The quantitative estimate of drug-likeness (QED) is 0.780. The summed E-state index contributed by atoms with van der Waals surface area (Å²) in [4.78, 5) is 2.26. The highest BCUT2D eigenvalue weighted by Gasteiger charge is 2.16. The van der Waals surface area contributed by atoms with Crippen LogP contribution in [-0.2, 0) is 6.42 Å². The molecule has 1 heterocycles. The molecule has 0 amide bonds. The van der Waals surface area contributed by atoms with Gasteiger partial charge >= 0.3 is 0 Å². The van der Waals surface area contributed by atoms with Gasteiger partial charge in [0, 0.05) is 23.0 Å². The SMILES string of the molecule is C=C(Cl)CN1CCCc2cc(N)ccc21. The van der Waals surface area contributed by atoms with Crippen LogP contribution in [0.15, 0.2) is 29.8 Å². The number of nitrogens with two attached hydrogens (primary N) is 1. The number of fused-ring (bicyclic) bond motifs is 1. The first-order valence-electron chi connectivity index (χ1n) is 5.13. The molecule has 1 aromatic rings. The Balaban J connectivity index is 2.30. The van der Waals surface area contributed by atoms with E-state index in [1.807, 2.05) is 6.07 Å². The average Bonchev–Trinajstić information content (AvgIpc) is 2.16. The van der Waals surface area contributed by atoms with E-state index in [1.165, 1.54) is 11.3 Å². The Morgan fingerprint density at radius 2 is 2.33 bits per heavy atom. The Labute approximate surface area is 95.3 Å². The second-order valence-electron chi connectivity index (χ2n) is 3.93. The fourth-order valence-electron chi connectivity index (χ4n) is 2.07. The third kappa shape index (κ3) is 2.26. The summed E-state index contributed by atoms with van der Waals surface area (Å²) in [6, 6.07) is 6.07. The van der Waals surface area contributed by atoms with Gasteiger partial charge in [-0.1, -0.05) is 18.2 Å². The van der Waals surface area contributed by atoms with Crippen molar-refractivity contribution in [3.05, 3.63) is 35.4 Å². The van der Waals surface area contributed by atoms with Crippen LogP contribution in [0.5, 0.6) is 0 Å². The monoisotopic (exact) mass is 222 g/mol. The van der Waals surface area contributed by atoms with Gasteiger partial charge in [0.1, 0.15) is 0 Å². The largest absolute Gasteiger partial charge is 0.399 e. The summed E-state index contributed by atoms with van der Waals surface area (Å²) < 4.78 is 0. The third-order valence-electron chi connectivity index (χ3n) is 2.68. The molecule has 3 heteroatoms. The number of halogens is 1. The molecule has 0 aromatic heterocycles.